The highest BCUT2D eigenvalue weighted by Gasteiger charge is 2.46. The lowest BCUT2D eigenvalue weighted by molar-refractivity contribution is 0.0930. The molecule has 2 aromatic heterocycles. The second kappa shape index (κ2) is 5.90. The molecule has 1 amide bonds. The van der Waals surface area contributed by atoms with Crippen LogP contribution in [0.5, 0.6) is 0 Å². The largest absolute Gasteiger partial charge is 0.342 e. The number of fused-ring (bicyclic) bond motifs is 1. The summed E-state index contributed by atoms with van der Waals surface area (Å²) in [5, 5.41) is 5.54. The number of carbonyl (C=O) groups is 1. The van der Waals surface area contributed by atoms with Crippen LogP contribution >= 0.6 is 34.8 Å². The van der Waals surface area contributed by atoms with E-state index < -0.39 is 5.54 Å². The van der Waals surface area contributed by atoms with Crippen molar-refractivity contribution in [2.24, 2.45) is 7.05 Å². The molecule has 0 atom stereocenters. The molecular weight excluding hydrogens is 381 g/mol. The van der Waals surface area contributed by atoms with Crippen molar-refractivity contribution in [3.63, 3.8) is 0 Å². The number of carbonyl (C=O) groups excluding carboxylic acids is 1. The Kier molecular flexibility index (Phi) is 3.95. The molecule has 1 N–H and O–H groups in total. The summed E-state index contributed by atoms with van der Waals surface area (Å²) in [4.78, 5) is 17.1. The average molecular weight is 395 g/mol. The molecule has 1 saturated carbocycles. The van der Waals surface area contributed by atoms with Crippen LogP contribution in [0.4, 0.5) is 0 Å². The van der Waals surface area contributed by atoms with Gasteiger partial charge in [0.1, 0.15) is 5.65 Å². The van der Waals surface area contributed by atoms with Crippen LogP contribution in [-0.2, 0) is 12.6 Å². The maximum atomic E-state index is 12.7. The normalized spacial score (nSPS) is 15.4. The lowest BCUT2D eigenvalue weighted by Crippen LogP contribution is -2.34. The van der Waals surface area contributed by atoms with E-state index in [-0.39, 0.29) is 5.91 Å². The van der Waals surface area contributed by atoms with E-state index in [9.17, 15) is 4.79 Å². The van der Waals surface area contributed by atoms with Crippen molar-refractivity contribution in [2.45, 2.75) is 18.4 Å². The van der Waals surface area contributed by atoms with Crippen molar-refractivity contribution in [3.8, 4) is 0 Å². The first-order valence-corrected chi connectivity index (χ1v) is 8.91. The Labute approximate surface area is 159 Å². The quantitative estimate of drug-likeness (QED) is 0.683. The Morgan fingerprint density at radius 2 is 1.84 bits per heavy atom. The minimum absolute atomic E-state index is 0.192. The molecule has 1 fully saturated rings. The number of amides is 1. The van der Waals surface area contributed by atoms with Gasteiger partial charge in [-0.25, -0.2) is 4.98 Å². The third-order valence-corrected chi connectivity index (χ3v) is 5.28. The van der Waals surface area contributed by atoms with Gasteiger partial charge in [0.15, 0.2) is 0 Å². The molecule has 0 bridgehead atoms. The number of benzene rings is 1. The number of halogens is 3. The number of rotatable bonds is 3. The van der Waals surface area contributed by atoms with Gasteiger partial charge in [-0.2, -0.15) is 0 Å². The fraction of sp³-hybridized carbons (Fsp3) is 0.222. The molecule has 1 aliphatic carbocycles. The molecule has 3 aromatic rings. The van der Waals surface area contributed by atoms with Gasteiger partial charge in [-0.15, -0.1) is 0 Å². The van der Waals surface area contributed by atoms with E-state index in [1.54, 1.807) is 24.5 Å². The predicted octanol–water partition coefficient (Wildman–Crippen LogP) is 4.95. The van der Waals surface area contributed by atoms with Crippen molar-refractivity contribution in [1.29, 1.82) is 0 Å². The minimum Gasteiger partial charge on any atom is -0.342 e. The summed E-state index contributed by atoms with van der Waals surface area (Å²) >= 11 is 18.4. The van der Waals surface area contributed by atoms with Crippen LogP contribution < -0.4 is 5.32 Å². The lowest BCUT2D eigenvalue weighted by Gasteiger charge is -2.18. The summed E-state index contributed by atoms with van der Waals surface area (Å²) in [6.45, 7) is 0. The number of hydrogen-bond donors (Lipinski definition) is 1. The summed E-state index contributed by atoms with van der Waals surface area (Å²) in [5.41, 5.74) is 1.72. The monoisotopic (exact) mass is 393 g/mol. The molecular formula is C18H14Cl3N3O. The van der Waals surface area contributed by atoms with Gasteiger partial charge in [-0.05, 0) is 42.7 Å². The Morgan fingerprint density at radius 3 is 2.48 bits per heavy atom. The molecule has 0 spiro atoms. The van der Waals surface area contributed by atoms with Crippen LogP contribution in [0.1, 0.15) is 28.8 Å². The second-order valence-electron chi connectivity index (χ2n) is 6.38. The van der Waals surface area contributed by atoms with E-state index >= 15 is 0 Å². The smallest absolute Gasteiger partial charge is 0.253 e. The maximum Gasteiger partial charge on any atom is 0.253 e. The van der Waals surface area contributed by atoms with E-state index in [2.05, 4.69) is 10.3 Å². The molecule has 0 saturated heterocycles. The fourth-order valence-electron chi connectivity index (χ4n) is 3.07. The zero-order valence-electron chi connectivity index (χ0n) is 13.3. The van der Waals surface area contributed by atoms with Gasteiger partial charge in [-0.3, -0.25) is 4.79 Å². The second-order valence-corrected chi connectivity index (χ2v) is 7.66. The topological polar surface area (TPSA) is 46.9 Å². The standard InChI is InChI=1S/C18H14Cl3N3O/c1-24-9-15(21)14-4-10(8-22-16(14)24)17(25)23-18(2-3-18)11-5-12(19)7-13(20)6-11/h4-9H,2-3H2,1H3,(H,23,25). The van der Waals surface area contributed by atoms with Gasteiger partial charge in [0.05, 0.1) is 16.1 Å². The van der Waals surface area contributed by atoms with Gasteiger partial charge in [0, 0.05) is 34.9 Å². The Hall–Kier alpha value is -1.75. The highest BCUT2D eigenvalue weighted by atomic mass is 35.5. The average Bonchev–Trinajstić information content (AvgIpc) is 3.28. The van der Waals surface area contributed by atoms with Gasteiger partial charge in [-0.1, -0.05) is 34.8 Å². The van der Waals surface area contributed by atoms with Crippen LogP contribution in [0, 0.1) is 0 Å². The summed E-state index contributed by atoms with van der Waals surface area (Å²) in [6.07, 6.45) is 5.03. The number of pyridine rings is 1. The predicted molar refractivity (Wildman–Crippen MR) is 101 cm³/mol. The highest BCUT2D eigenvalue weighted by Crippen LogP contribution is 2.47. The first-order chi connectivity index (χ1) is 11.9. The zero-order valence-corrected chi connectivity index (χ0v) is 15.6. The van der Waals surface area contributed by atoms with E-state index in [4.69, 9.17) is 34.8 Å². The van der Waals surface area contributed by atoms with Gasteiger partial charge >= 0.3 is 0 Å². The van der Waals surface area contributed by atoms with Gasteiger partial charge in [0.25, 0.3) is 5.91 Å². The van der Waals surface area contributed by atoms with E-state index in [0.717, 1.165) is 29.4 Å². The Bertz CT molecular complexity index is 988. The van der Waals surface area contributed by atoms with Crippen molar-refractivity contribution < 1.29 is 4.79 Å². The van der Waals surface area contributed by atoms with Crippen LogP contribution in [-0.4, -0.2) is 15.5 Å². The number of hydrogen-bond acceptors (Lipinski definition) is 2. The SMILES string of the molecule is Cn1cc(Cl)c2cc(C(=O)NC3(c4cc(Cl)cc(Cl)c4)CC3)cnc21. The summed E-state index contributed by atoms with van der Waals surface area (Å²) in [5.74, 6) is -0.192. The molecule has 7 heteroatoms. The van der Waals surface area contributed by atoms with Gasteiger partial charge < -0.3 is 9.88 Å². The third kappa shape index (κ3) is 2.99. The van der Waals surface area contributed by atoms with Crippen LogP contribution in [0.2, 0.25) is 15.1 Å². The van der Waals surface area contributed by atoms with Crippen molar-refractivity contribution in [1.82, 2.24) is 14.9 Å². The molecule has 25 heavy (non-hydrogen) atoms. The molecule has 4 nitrogen and oxygen atoms in total. The first-order valence-electron chi connectivity index (χ1n) is 7.78. The van der Waals surface area contributed by atoms with E-state index in [0.29, 0.717) is 20.6 Å². The molecule has 4 rings (SSSR count). The molecule has 0 aliphatic heterocycles. The molecule has 2 heterocycles. The Balaban J connectivity index is 1.64. The van der Waals surface area contributed by atoms with Crippen molar-refractivity contribution in [3.05, 3.63) is 62.9 Å². The van der Waals surface area contributed by atoms with Crippen LogP contribution in [0.3, 0.4) is 0 Å². The van der Waals surface area contributed by atoms with Crippen LogP contribution in [0.15, 0.2) is 36.7 Å². The lowest BCUT2D eigenvalue weighted by atomic mass is 10.0. The molecule has 0 unspecified atom stereocenters. The number of nitrogens with zero attached hydrogens (tertiary/aromatic N) is 2. The van der Waals surface area contributed by atoms with E-state index in [1.807, 2.05) is 23.7 Å². The highest BCUT2D eigenvalue weighted by molar-refractivity contribution is 6.35. The zero-order chi connectivity index (χ0) is 17.8. The Morgan fingerprint density at radius 1 is 1.16 bits per heavy atom. The maximum absolute atomic E-state index is 12.7. The van der Waals surface area contributed by atoms with Crippen molar-refractivity contribution >= 4 is 51.7 Å². The number of aromatic nitrogens is 2. The molecule has 1 aromatic carbocycles. The van der Waals surface area contributed by atoms with Crippen LogP contribution in [0.25, 0.3) is 11.0 Å². The fourth-order valence-corrected chi connectivity index (χ4v) is 3.88. The molecule has 128 valence electrons. The summed E-state index contributed by atoms with van der Waals surface area (Å²) in [7, 11) is 1.86. The molecule has 1 aliphatic rings. The van der Waals surface area contributed by atoms with E-state index in [1.165, 1.54) is 0 Å². The molecule has 0 radical (unpaired) electrons. The van der Waals surface area contributed by atoms with Gasteiger partial charge in [0.2, 0.25) is 0 Å². The minimum atomic E-state index is -0.416. The number of nitrogens with one attached hydrogen (secondary N) is 1. The first kappa shape index (κ1) is 16.7. The number of aryl methyl sites for hydroxylation is 1. The van der Waals surface area contributed by atoms with Crippen molar-refractivity contribution in [2.75, 3.05) is 0 Å². The summed E-state index contributed by atoms with van der Waals surface area (Å²) in [6, 6.07) is 7.13. The summed E-state index contributed by atoms with van der Waals surface area (Å²) < 4.78 is 1.83. The third-order valence-electron chi connectivity index (χ3n) is 4.55.